The fourth-order valence-electron chi connectivity index (χ4n) is 3.64. The van der Waals surface area contributed by atoms with E-state index in [-0.39, 0.29) is 5.91 Å². The Morgan fingerprint density at radius 2 is 2.14 bits per heavy atom. The van der Waals surface area contributed by atoms with E-state index in [0.29, 0.717) is 11.7 Å². The Morgan fingerprint density at radius 3 is 3.05 bits per heavy atom. The Hall–Kier alpha value is -1.81. The second kappa shape index (κ2) is 4.88. The molecule has 1 N–H and O–H groups in total. The molecule has 1 aromatic heterocycles. The molecule has 2 atom stereocenters. The van der Waals surface area contributed by atoms with Gasteiger partial charge in [0.15, 0.2) is 5.76 Å². The first kappa shape index (κ1) is 12.9. The topological polar surface area (TPSA) is 45.5 Å². The number of benzene rings is 1. The number of furan rings is 1. The molecule has 4 nitrogen and oxygen atoms in total. The van der Waals surface area contributed by atoms with Crippen LogP contribution in [0.25, 0.3) is 11.0 Å². The lowest BCUT2D eigenvalue weighted by molar-refractivity contribution is 0.0613. The van der Waals surface area contributed by atoms with E-state index in [4.69, 9.17) is 4.42 Å². The standard InChI is InChI=1S/C17H20N2O2/c1-11-2-3-15-13(6-11)7-16(21-15)17(20)19-5-4-12-8-18-9-14(12)10-19/h2-3,6-7,12,14,18H,4-5,8-10H2,1H3. The number of carbonyl (C=O) groups is 1. The van der Waals surface area contributed by atoms with Crippen LogP contribution >= 0.6 is 0 Å². The van der Waals surface area contributed by atoms with Gasteiger partial charge in [-0.3, -0.25) is 4.79 Å². The minimum atomic E-state index is 0.0363. The Balaban J connectivity index is 1.58. The number of carbonyl (C=O) groups excluding carboxylic acids is 1. The molecule has 1 amide bonds. The highest BCUT2D eigenvalue weighted by Crippen LogP contribution is 2.28. The second-order valence-electron chi connectivity index (χ2n) is 6.37. The maximum absolute atomic E-state index is 12.7. The summed E-state index contributed by atoms with van der Waals surface area (Å²) in [5.41, 5.74) is 1.97. The molecule has 3 heterocycles. The van der Waals surface area contributed by atoms with Crippen molar-refractivity contribution in [2.45, 2.75) is 13.3 Å². The van der Waals surface area contributed by atoms with E-state index in [1.807, 2.05) is 30.0 Å². The average molecular weight is 284 g/mol. The summed E-state index contributed by atoms with van der Waals surface area (Å²) in [4.78, 5) is 14.6. The van der Waals surface area contributed by atoms with Crippen molar-refractivity contribution in [1.29, 1.82) is 0 Å². The van der Waals surface area contributed by atoms with Gasteiger partial charge in [-0.1, -0.05) is 11.6 Å². The summed E-state index contributed by atoms with van der Waals surface area (Å²) in [6.07, 6.45) is 1.10. The van der Waals surface area contributed by atoms with Gasteiger partial charge >= 0.3 is 0 Å². The number of hydrogen-bond acceptors (Lipinski definition) is 3. The van der Waals surface area contributed by atoms with Gasteiger partial charge in [0.1, 0.15) is 5.58 Å². The lowest BCUT2D eigenvalue weighted by atomic mass is 9.88. The third-order valence-electron chi connectivity index (χ3n) is 4.87. The molecule has 0 radical (unpaired) electrons. The molecular formula is C17H20N2O2. The van der Waals surface area contributed by atoms with Crippen LogP contribution in [-0.2, 0) is 0 Å². The summed E-state index contributed by atoms with van der Waals surface area (Å²) < 4.78 is 5.74. The van der Waals surface area contributed by atoms with Crippen molar-refractivity contribution in [3.63, 3.8) is 0 Å². The first-order valence-corrected chi connectivity index (χ1v) is 7.71. The molecule has 2 unspecified atom stereocenters. The van der Waals surface area contributed by atoms with Crippen molar-refractivity contribution in [3.8, 4) is 0 Å². The van der Waals surface area contributed by atoms with Gasteiger partial charge in [0.05, 0.1) is 0 Å². The summed E-state index contributed by atoms with van der Waals surface area (Å²) in [7, 11) is 0. The van der Waals surface area contributed by atoms with Crippen LogP contribution in [0.3, 0.4) is 0 Å². The van der Waals surface area contributed by atoms with Gasteiger partial charge < -0.3 is 14.6 Å². The summed E-state index contributed by atoms with van der Waals surface area (Å²) in [5.74, 6) is 1.86. The Labute approximate surface area is 124 Å². The molecule has 2 aliphatic rings. The Kier molecular flexibility index (Phi) is 3.00. The quantitative estimate of drug-likeness (QED) is 0.874. The van der Waals surface area contributed by atoms with Gasteiger partial charge in [0.2, 0.25) is 0 Å². The highest BCUT2D eigenvalue weighted by molar-refractivity contribution is 5.96. The molecule has 2 aromatic rings. The van der Waals surface area contributed by atoms with E-state index in [0.717, 1.165) is 49.5 Å². The van der Waals surface area contributed by atoms with Crippen LogP contribution < -0.4 is 5.32 Å². The van der Waals surface area contributed by atoms with Gasteiger partial charge in [-0.2, -0.15) is 0 Å². The van der Waals surface area contributed by atoms with Gasteiger partial charge in [0, 0.05) is 18.5 Å². The highest BCUT2D eigenvalue weighted by Gasteiger charge is 2.35. The van der Waals surface area contributed by atoms with Gasteiger partial charge in [-0.05, 0) is 56.5 Å². The zero-order valence-electron chi connectivity index (χ0n) is 12.3. The minimum Gasteiger partial charge on any atom is -0.451 e. The molecule has 0 saturated carbocycles. The van der Waals surface area contributed by atoms with Gasteiger partial charge in [-0.15, -0.1) is 0 Å². The number of aryl methyl sites for hydroxylation is 1. The van der Waals surface area contributed by atoms with Gasteiger partial charge in [-0.25, -0.2) is 0 Å². The fourth-order valence-corrected chi connectivity index (χ4v) is 3.64. The third kappa shape index (κ3) is 2.23. The number of nitrogens with one attached hydrogen (secondary N) is 1. The SMILES string of the molecule is Cc1ccc2oc(C(=O)N3CCC4CNCC4C3)cc2c1. The summed E-state index contributed by atoms with van der Waals surface area (Å²) in [5, 5.41) is 4.44. The van der Waals surface area contributed by atoms with Crippen LogP contribution in [0, 0.1) is 18.8 Å². The summed E-state index contributed by atoms with van der Waals surface area (Å²) in [6, 6.07) is 7.89. The average Bonchev–Trinajstić information content (AvgIpc) is 3.11. The van der Waals surface area contributed by atoms with Crippen molar-refractivity contribution < 1.29 is 9.21 Å². The van der Waals surface area contributed by atoms with E-state index in [2.05, 4.69) is 11.4 Å². The molecule has 4 rings (SSSR count). The lowest BCUT2D eigenvalue weighted by Gasteiger charge is -2.33. The van der Waals surface area contributed by atoms with E-state index in [9.17, 15) is 4.79 Å². The Morgan fingerprint density at radius 1 is 1.29 bits per heavy atom. The van der Waals surface area contributed by atoms with Crippen LogP contribution in [-0.4, -0.2) is 37.0 Å². The summed E-state index contributed by atoms with van der Waals surface area (Å²) in [6.45, 7) is 5.89. The first-order valence-electron chi connectivity index (χ1n) is 7.71. The maximum atomic E-state index is 12.7. The van der Waals surface area contributed by atoms with E-state index in [1.165, 1.54) is 5.56 Å². The molecule has 0 aliphatic carbocycles. The smallest absolute Gasteiger partial charge is 0.289 e. The molecule has 2 fully saturated rings. The number of hydrogen-bond donors (Lipinski definition) is 1. The zero-order chi connectivity index (χ0) is 14.4. The van der Waals surface area contributed by atoms with Crippen LogP contribution in [0.5, 0.6) is 0 Å². The predicted octanol–water partition coefficient (Wildman–Crippen LogP) is 2.42. The number of likely N-dealkylation sites (tertiary alicyclic amines) is 1. The van der Waals surface area contributed by atoms with Crippen molar-refractivity contribution in [1.82, 2.24) is 10.2 Å². The first-order chi connectivity index (χ1) is 10.2. The van der Waals surface area contributed by atoms with Crippen LogP contribution in [0.15, 0.2) is 28.7 Å². The minimum absolute atomic E-state index is 0.0363. The van der Waals surface area contributed by atoms with Crippen molar-refractivity contribution in [3.05, 3.63) is 35.6 Å². The number of nitrogens with zero attached hydrogens (tertiary/aromatic N) is 1. The molecule has 2 saturated heterocycles. The molecule has 0 bridgehead atoms. The molecule has 110 valence electrons. The largest absolute Gasteiger partial charge is 0.451 e. The van der Waals surface area contributed by atoms with Crippen molar-refractivity contribution in [2.75, 3.05) is 26.2 Å². The molecule has 0 spiro atoms. The van der Waals surface area contributed by atoms with Crippen LogP contribution in [0.2, 0.25) is 0 Å². The van der Waals surface area contributed by atoms with Crippen LogP contribution in [0.1, 0.15) is 22.5 Å². The second-order valence-corrected chi connectivity index (χ2v) is 6.37. The van der Waals surface area contributed by atoms with E-state index in [1.54, 1.807) is 0 Å². The molecule has 1 aromatic carbocycles. The van der Waals surface area contributed by atoms with Crippen molar-refractivity contribution in [2.24, 2.45) is 11.8 Å². The van der Waals surface area contributed by atoms with E-state index < -0.39 is 0 Å². The lowest BCUT2D eigenvalue weighted by Crippen LogP contribution is -2.43. The van der Waals surface area contributed by atoms with Crippen molar-refractivity contribution >= 4 is 16.9 Å². The number of piperidine rings is 1. The maximum Gasteiger partial charge on any atom is 0.289 e. The van der Waals surface area contributed by atoms with Crippen LogP contribution in [0.4, 0.5) is 0 Å². The normalized spacial score (nSPS) is 25.3. The molecule has 2 aliphatic heterocycles. The zero-order valence-corrected chi connectivity index (χ0v) is 12.3. The highest BCUT2D eigenvalue weighted by atomic mass is 16.3. The number of rotatable bonds is 1. The molecular weight excluding hydrogens is 264 g/mol. The Bertz CT molecular complexity index is 691. The third-order valence-corrected chi connectivity index (χ3v) is 4.87. The number of amides is 1. The summed E-state index contributed by atoms with van der Waals surface area (Å²) >= 11 is 0. The monoisotopic (exact) mass is 284 g/mol. The molecule has 4 heteroatoms. The van der Waals surface area contributed by atoms with E-state index >= 15 is 0 Å². The fraction of sp³-hybridized carbons (Fsp3) is 0.471. The predicted molar refractivity (Wildman–Crippen MR) is 81.3 cm³/mol. The number of fused-ring (bicyclic) bond motifs is 2. The van der Waals surface area contributed by atoms with Gasteiger partial charge in [0.25, 0.3) is 5.91 Å². The molecule has 21 heavy (non-hydrogen) atoms.